The van der Waals surface area contributed by atoms with Crippen molar-refractivity contribution in [3.05, 3.63) is 24.5 Å². The Bertz CT molecular complexity index is 343. The summed E-state index contributed by atoms with van der Waals surface area (Å²) in [6.45, 7) is 2.98. The van der Waals surface area contributed by atoms with E-state index >= 15 is 0 Å². The zero-order valence-corrected chi connectivity index (χ0v) is 9.13. The van der Waals surface area contributed by atoms with Crippen molar-refractivity contribution in [3.8, 4) is 0 Å². The lowest BCUT2D eigenvalue weighted by molar-refractivity contribution is 0.572. The Hall–Kier alpha value is -0.810. The molecule has 1 rings (SSSR count). The van der Waals surface area contributed by atoms with E-state index in [1.54, 1.807) is 0 Å². The van der Waals surface area contributed by atoms with Crippen molar-refractivity contribution < 1.29 is 8.42 Å². The molecular weight excluding hydrogens is 200 g/mol. The number of hydrogen-bond donors (Lipinski definition) is 1. The average Bonchev–Trinajstić information content (AvgIpc) is 2.56. The molecule has 0 amide bonds. The van der Waals surface area contributed by atoms with Crippen LogP contribution in [0.4, 0.5) is 0 Å². The van der Waals surface area contributed by atoms with E-state index in [9.17, 15) is 8.42 Å². The summed E-state index contributed by atoms with van der Waals surface area (Å²) in [6, 6.07) is 3.83. The fraction of sp³-hybridized carbons (Fsp3) is 0.556. The van der Waals surface area contributed by atoms with Crippen LogP contribution < -0.4 is 4.72 Å². The van der Waals surface area contributed by atoms with Crippen LogP contribution in [-0.4, -0.2) is 25.3 Å². The first kappa shape index (κ1) is 11.3. The summed E-state index contributed by atoms with van der Waals surface area (Å²) in [5.74, 6) is 0.207. The van der Waals surface area contributed by atoms with Crippen LogP contribution in [0.1, 0.15) is 13.3 Å². The Morgan fingerprint density at radius 3 is 2.50 bits per heavy atom. The molecule has 5 heteroatoms. The number of rotatable bonds is 6. The van der Waals surface area contributed by atoms with Crippen molar-refractivity contribution in [1.29, 1.82) is 0 Å². The van der Waals surface area contributed by atoms with Crippen molar-refractivity contribution in [2.75, 3.05) is 12.3 Å². The Labute approximate surface area is 85.0 Å². The van der Waals surface area contributed by atoms with Crippen LogP contribution in [0.2, 0.25) is 0 Å². The molecule has 0 unspecified atom stereocenters. The predicted molar refractivity (Wildman–Crippen MR) is 56.5 cm³/mol. The minimum atomic E-state index is -3.05. The first-order chi connectivity index (χ1) is 6.64. The van der Waals surface area contributed by atoms with Crippen molar-refractivity contribution >= 4 is 10.0 Å². The second-order valence-corrected chi connectivity index (χ2v) is 5.06. The molecule has 0 saturated carbocycles. The molecule has 0 aliphatic carbocycles. The minimum Gasteiger partial charge on any atom is -0.353 e. The lowest BCUT2D eigenvalue weighted by atomic mass is 10.6. The normalized spacial score (nSPS) is 11.8. The summed E-state index contributed by atoms with van der Waals surface area (Å²) in [6.07, 6.45) is 4.47. The maximum absolute atomic E-state index is 11.2. The van der Waals surface area contributed by atoms with E-state index in [2.05, 4.69) is 4.72 Å². The zero-order chi connectivity index (χ0) is 10.4. The van der Waals surface area contributed by atoms with E-state index < -0.39 is 10.0 Å². The van der Waals surface area contributed by atoms with E-state index in [0.717, 1.165) is 0 Å². The second kappa shape index (κ2) is 5.17. The topological polar surface area (TPSA) is 51.1 Å². The van der Waals surface area contributed by atoms with E-state index in [1.165, 1.54) is 0 Å². The molecular formula is C9H16N2O2S. The average molecular weight is 216 g/mol. The van der Waals surface area contributed by atoms with Gasteiger partial charge in [-0.3, -0.25) is 0 Å². The van der Waals surface area contributed by atoms with Crippen molar-refractivity contribution in [3.63, 3.8) is 0 Å². The molecule has 0 atom stereocenters. The summed E-state index contributed by atoms with van der Waals surface area (Å²) in [4.78, 5) is 0. The molecule has 1 heterocycles. The van der Waals surface area contributed by atoms with Gasteiger partial charge in [-0.15, -0.1) is 0 Å². The van der Waals surface area contributed by atoms with Gasteiger partial charge in [0.15, 0.2) is 0 Å². The van der Waals surface area contributed by atoms with Gasteiger partial charge in [0.2, 0.25) is 10.0 Å². The smallest absolute Gasteiger partial charge is 0.211 e. The first-order valence-corrected chi connectivity index (χ1v) is 6.37. The van der Waals surface area contributed by atoms with Crippen LogP contribution in [0.5, 0.6) is 0 Å². The van der Waals surface area contributed by atoms with Gasteiger partial charge < -0.3 is 4.57 Å². The second-order valence-electron chi connectivity index (χ2n) is 3.13. The van der Waals surface area contributed by atoms with E-state index in [0.29, 0.717) is 19.5 Å². The highest BCUT2D eigenvalue weighted by Gasteiger charge is 2.06. The number of sulfonamides is 1. The van der Waals surface area contributed by atoms with Gasteiger partial charge in [-0.2, -0.15) is 0 Å². The zero-order valence-electron chi connectivity index (χ0n) is 8.31. The number of nitrogens with one attached hydrogen (secondary N) is 1. The predicted octanol–water partition coefficient (Wildman–Crippen LogP) is 0.817. The molecule has 1 aromatic rings. The highest BCUT2D eigenvalue weighted by molar-refractivity contribution is 7.89. The SMILES string of the molecule is CCCS(=O)(=O)NCCn1cccc1. The Balaban J connectivity index is 2.28. The summed E-state index contributed by atoms with van der Waals surface area (Å²) in [5.41, 5.74) is 0. The van der Waals surface area contributed by atoms with Gasteiger partial charge in [-0.1, -0.05) is 6.92 Å². The lowest BCUT2D eigenvalue weighted by Gasteiger charge is -2.05. The summed E-state index contributed by atoms with van der Waals surface area (Å²) in [5, 5.41) is 0. The standard InChI is InChI=1S/C9H16N2O2S/c1-2-9-14(12,13)10-5-8-11-6-3-4-7-11/h3-4,6-7,10H,2,5,8-9H2,1H3. The molecule has 0 aromatic carbocycles. The maximum Gasteiger partial charge on any atom is 0.211 e. The fourth-order valence-corrected chi connectivity index (χ4v) is 2.27. The fourth-order valence-electron chi connectivity index (χ4n) is 1.19. The van der Waals surface area contributed by atoms with E-state index in [-0.39, 0.29) is 5.75 Å². The minimum absolute atomic E-state index is 0.207. The largest absolute Gasteiger partial charge is 0.353 e. The molecule has 0 aliphatic heterocycles. The third kappa shape index (κ3) is 3.93. The number of aromatic nitrogens is 1. The molecule has 14 heavy (non-hydrogen) atoms. The molecule has 0 spiro atoms. The molecule has 0 radical (unpaired) electrons. The maximum atomic E-state index is 11.2. The van der Waals surface area contributed by atoms with Crippen LogP contribution >= 0.6 is 0 Å². The van der Waals surface area contributed by atoms with Gasteiger partial charge in [0.25, 0.3) is 0 Å². The van der Waals surface area contributed by atoms with Crippen LogP contribution in [0.25, 0.3) is 0 Å². The Kier molecular flexibility index (Phi) is 4.16. The van der Waals surface area contributed by atoms with E-state index in [1.807, 2.05) is 36.0 Å². The van der Waals surface area contributed by atoms with Gasteiger partial charge in [-0.25, -0.2) is 13.1 Å². The van der Waals surface area contributed by atoms with Gasteiger partial charge in [-0.05, 0) is 18.6 Å². The van der Waals surface area contributed by atoms with E-state index in [4.69, 9.17) is 0 Å². The molecule has 1 aromatic heterocycles. The summed E-state index contributed by atoms with van der Waals surface area (Å²) in [7, 11) is -3.05. The highest BCUT2D eigenvalue weighted by Crippen LogP contribution is 1.91. The van der Waals surface area contributed by atoms with Crippen molar-refractivity contribution in [2.45, 2.75) is 19.9 Å². The Morgan fingerprint density at radius 1 is 1.29 bits per heavy atom. The molecule has 0 saturated heterocycles. The lowest BCUT2D eigenvalue weighted by Crippen LogP contribution is -2.29. The molecule has 1 N–H and O–H groups in total. The van der Waals surface area contributed by atoms with Gasteiger partial charge >= 0.3 is 0 Å². The van der Waals surface area contributed by atoms with Gasteiger partial charge in [0.05, 0.1) is 5.75 Å². The van der Waals surface area contributed by atoms with Crippen molar-refractivity contribution in [1.82, 2.24) is 9.29 Å². The monoisotopic (exact) mass is 216 g/mol. The summed E-state index contributed by atoms with van der Waals surface area (Å²) >= 11 is 0. The first-order valence-electron chi connectivity index (χ1n) is 4.72. The van der Waals surface area contributed by atoms with Crippen LogP contribution in [0, 0.1) is 0 Å². The number of hydrogen-bond acceptors (Lipinski definition) is 2. The quantitative estimate of drug-likeness (QED) is 0.765. The molecule has 0 fully saturated rings. The van der Waals surface area contributed by atoms with Crippen molar-refractivity contribution in [2.24, 2.45) is 0 Å². The Morgan fingerprint density at radius 2 is 1.93 bits per heavy atom. The third-order valence-electron chi connectivity index (χ3n) is 1.83. The van der Waals surface area contributed by atoms with Gasteiger partial charge in [0, 0.05) is 25.5 Å². The highest BCUT2D eigenvalue weighted by atomic mass is 32.2. The molecule has 0 aliphatic rings. The number of nitrogens with zero attached hydrogens (tertiary/aromatic N) is 1. The van der Waals surface area contributed by atoms with Crippen LogP contribution in [-0.2, 0) is 16.6 Å². The van der Waals surface area contributed by atoms with Crippen LogP contribution in [0.3, 0.4) is 0 Å². The molecule has 0 bridgehead atoms. The van der Waals surface area contributed by atoms with Gasteiger partial charge in [0.1, 0.15) is 0 Å². The molecule has 4 nitrogen and oxygen atoms in total. The van der Waals surface area contributed by atoms with Crippen LogP contribution in [0.15, 0.2) is 24.5 Å². The molecule has 80 valence electrons. The summed E-state index contributed by atoms with van der Waals surface area (Å²) < 4.78 is 27.0. The third-order valence-corrected chi connectivity index (χ3v) is 3.42.